The zero-order valence-electron chi connectivity index (χ0n) is 17.0. The Bertz CT molecular complexity index is 857. The van der Waals surface area contributed by atoms with Crippen LogP contribution in [0.2, 0.25) is 0 Å². The van der Waals surface area contributed by atoms with Gasteiger partial charge in [-0.2, -0.15) is 0 Å². The highest BCUT2D eigenvalue weighted by molar-refractivity contribution is 6.02. The molecule has 30 heavy (non-hydrogen) atoms. The van der Waals surface area contributed by atoms with Gasteiger partial charge < -0.3 is 19.5 Å². The Kier molecular flexibility index (Phi) is 9.11. The molecule has 160 valence electrons. The lowest BCUT2D eigenvalue weighted by Gasteiger charge is -2.14. The normalized spacial score (nSPS) is 10.1. The zero-order chi connectivity index (χ0) is 21.8. The molecule has 2 aromatic rings. The van der Waals surface area contributed by atoms with Crippen LogP contribution in [0, 0.1) is 0 Å². The molecule has 9 nitrogen and oxygen atoms in total. The molecule has 1 aromatic carbocycles. The molecule has 9 heteroatoms. The first-order valence-electron chi connectivity index (χ1n) is 9.61. The van der Waals surface area contributed by atoms with Gasteiger partial charge >= 0.3 is 12.0 Å². The number of esters is 1. The molecule has 0 bridgehead atoms. The first kappa shape index (κ1) is 22.7. The van der Waals surface area contributed by atoms with E-state index < -0.39 is 24.5 Å². The molecular weight excluding hydrogens is 390 g/mol. The van der Waals surface area contributed by atoms with Crippen molar-refractivity contribution in [2.24, 2.45) is 0 Å². The molecule has 1 heterocycles. The summed E-state index contributed by atoms with van der Waals surface area (Å²) in [5.74, 6) is -0.399. The molecule has 0 aliphatic heterocycles. The number of nitrogens with one attached hydrogen (secondary N) is 2. The van der Waals surface area contributed by atoms with Crippen LogP contribution >= 0.6 is 0 Å². The lowest BCUT2D eigenvalue weighted by atomic mass is 10.2. The Morgan fingerprint density at radius 1 is 1.00 bits per heavy atom. The molecule has 0 saturated carbocycles. The van der Waals surface area contributed by atoms with E-state index in [1.54, 1.807) is 24.3 Å². The second kappa shape index (κ2) is 12.1. The minimum atomic E-state index is -0.768. The maximum Gasteiger partial charge on any atom is 0.340 e. The highest BCUT2D eigenvalue weighted by atomic mass is 16.5. The minimum Gasteiger partial charge on any atom is -0.490 e. The Morgan fingerprint density at radius 2 is 1.73 bits per heavy atom. The van der Waals surface area contributed by atoms with Gasteiger partial charge in [0, 0.05) is 24.1 Å². The van der Waals surface area contributed by atoms with Gasteiger partial charge in [0.05, 0.1) is 18.8 Å². The highest BCUT2D eigenvalue weighted by Crippen LogP contribution is 2.30. The average molecular weight is 415 g/mol. The van der Waals surface area contributed by atoms with E-state index in [4.69, 9.17) is 14.2 Å². The van der Waals surface area contributed by atoms with Crippen molar-refractivity contribution in [1.29, 1.82) is 0 Å². The molecule has 0 aliphatic rings. The van der Waals surface area contributed by atoms with E-state index in [0.29, 0.717) is 30.4 Å². The molecule has 1 aromatic heterocycles. The number of carbonyl (C=O) groups excluding carboxylic acids is 3. The van der Waals surface area contributed by atoms with Crippen molar-refractivity contribution in [3.63, 3.8) is 0 Å². The van der Waals surface area contributed by atoms with E-state index in [1.807, 2.05) is 13.8 Å². The van der Waals surface area contributed by atoms with Gasteiger partial charge in [-0.15, -0.1) is 0 Å². The molecule has 0 aliphatic carbocycles. The number of ether oxygens (including phenoxy) is 3. The van der Waals surface area contributed by atoms with Gasteiger partial charge in [-0.3, -0.25) is 15.1 Å². The summed E-state index contributed by atoms with van der Waals surface area (Å²) >= 11 is 0. The predicted octanol–water partition coefficient (Wildman–Crippen LogP) is 3.16. The number of nitrogens with zero attached hydrogens (tertiary/aromatic N) is 1. The number of amides is 3. The zero-order valence-corrected chi connectivity index (χ0v) is 17.0. The SMILES string of the molecule is CCCOc1ccc(NC(=O)NC(=O)COC(=O)c2cccnc2)cc1OCCC. The third-order valence-electron chi connectivity index (χ3n) is 3.61. The fourth-order valence-corrected chi connectivity index (χ4v) is 2.26. The number of benzene rings is 1. The minimum absolute atomic E-state index is 0.208. The maximum atomic E-state index is 12.1. The van der Waals surface area contributed by atoms with E-state index in [-0.39, 0.29) is 5.56 Å². The van der Waals surface area contributed by atoms with E-state index in [0.717, 1.165) is 12.8 Å². The average Bonchev–Trinajstić information content (AvgIpc) is 2.75. The molecule has 3 amide bonds. The van der Waals surface area contributed by atoms with Crippen molar-refractivity contribution in [1.82, 2.24) is 10.3 Å². The summed E-state index contributed by atoms with van der Waals surface area (Å²) in [6.07, 6.45) is 4.49. The Hall–Kier alpha value is -3.62. The summed E-state index contributed by atoms with van der Waals surface area (Å²) in [4.78, 5) is 39.5. The fraction of sp³-hybridized carbons (Fsp3) is 0.333. The number of carbonyl (C=O) groups is 3. The summed E-state index contributed by atoms with van der Waals surface area (Å²) in [7, 11) is 0. The van der Waals surface area contributed by atoms with E-state index >= 15 is 0 Å². The number of hydrogen-bond acceptors (Lipinski definition) is 7. The number of hydrogen-bond donors (Lipinski definition) is 2. The summed E-state index contributed by atoms with van der Waals surface area (Å²) in [5, 5.41) is 4.63. The van der Waals surface area contributed by atoms with Crippen LogP contribution in [0.25, 0.3) is 0 Å². The molecule has 0 fully saturated rings. The van der Waals surface area contributed by atoms with E-state index in [1.165, 1.54) is 18.5 Å². The van der Waals surface area contributed by atoms with Gasteiger partial charge in [-0.1, -0.05) is 13.8 Å². The number of aromatic nitrogens is 1. The van der Waals surface area contributed by atoms with Gasteiger partial charge in [-0.25, -0.2) is 9.59 Å². The second-order valence-corrected chi connectivity index (χ2v) is 6.18. The molecule has 0 atom stereocenters. The number of pyridine rings is 1. The Morgan fingerprint density at radius 3 is 2.40 bits per heavy atom. The van der Waals surface area contributed by atoms with Gasteiger partial charge in [0.25, 0.3) is 5.91 Å². The topological polar surface area (TPSA) is 116 Å². The first-order chi connectivity index (χ1) is 14.5. The van der Waals surface area contributed by atoms with Gasteiger partial charge in [-0.05, 0) is 37.1 Å². The van der Waals surface area contributed by atoms with Crippen molar-refractivity contribution in [2.45, 2.75) is 26.7 Å². The fourth-order valence-electron chi connectivity index (χ4n) is 2.26. The molecule has 0 radical (unpaired) electrons. The van der Waals surface area contributed by atoms with Crippen molar-refractivity contribution in [3.8, 4) is 11.5 Å². The smallest absolute Gasteiger partial charge is 0.340 e. The van der Waals surface area contributed by atoms with Gasteiger partial charge in [0.2, 0.25) is 0 Å². The molecular formula is C21H25N3O6. The van der Waals surface area contributed by atoms with Crippen molar-refractivity contribution in [2.75, 3.05) is 25.1 Å². The lowest BCUT2D eigenvalue weighted by molar-refractivity contribution is -0.123. The molecule has 2 rings (SSSR count). The maximum absolute atomic E-state index is 12.1. The van der Waals surface area contributed by atoms with Crippen LogP contribution in [0.15, 0.2) is 42.7 Å². The van der Waals surface area contributed by atoms with Crippen LogP contribution in [0.3, 0.4) is 0 Å². The number of anilines is 1. The summed E-state index contributed by atoms with van der Waals surface area (Å²) in [6, 6.07) is 7.26. The van der Waals surface area contributed by atoms with Gasteiger partial charge in [0.15, 0.2) is 18.1 Å². The standard InChI is InChI=1S/C21H25N3O6/c1-3-10-28-17-8-7-16(12-18(17)29-11-4-2)23-21(27)24-19(25)14-30-20(26)15-6-5-9-22-13-15/h5-9,12-13H,3-4,10-11,14H2,1-2H3,(H2,23,24,25,27). The number of urea groups is 1. The predicted molar refractivity (Wildman–Crippen MR) is 110 cm³/mol. The summed E-state index contributed by atoms with van der Waals surface area (Å²) in [5.41, 5.74) is 0.627. The van der Waals surface area contributed by atoms with Gasteiger partial charge in [0.1, 0.15) is 0 Å². The lowest BCUT2D eigenvalue weighted by Crippen LogP contribution is -2.37. The summed E-state index contributed by atoms with van der Waals surface area (Å²) in [6.45, 7) is 4.42. The monoisotopic (exact) mass is 415 g/mol. The van der Waals surface area contributed by atoms with E-state index in [2.05, 4.69) is 15.6 Å². The molecule has 0 spiro atoms. The second-order valence-electron chi connectivity index (χ2n) is 6.18. The van der Waals surface area contributed by atoms with E-state index in [9.17, 15) is 14.4 Å². The number of rotatable bonds is 10. The van der Waals surface area contributed by atoms with Crippen LogP contribution in [-0.4, -0.2) is 42.7 Å². The quantitative estimate of drug-likeness (QED) is 0.573. The van der Waals surface area contributed by atoms with Crippen LogP contribution in [0.4, 0.5) is 10.5 Å². The summed E-state index contributed by atoms with van der Waals surface area (Å²) < 4.78 is 16.2. The van der Waals surface area contributed by atoms with Crippen molar-refractivity contribution < 1.29 is 28.6 Å². The van der Waals surface area contributed by atoms with Crippen LogP contribution in [-0.2, 0) is 9.53 Å². The van der Waals surface area contributed by atoms with Crippen molar-refractivity contribution >= 4 is 23.6 Å². The van der Waals surface area contributed by atoms with Crippen LogP contribution in [0.1, 0.15) is 37.0 Å². The first-order valence-corrected chi connectivity index (χ1v) is 9.61. The third kappa shape index (κ3) is 7.42. The molecule has 0 unspecified atom stereocenters. The Balaban J connectivity index is 1.88. The molecule has 0 saturated heterocycles. The Labute approximate surface area is 174 Å². The van der Waals surface area contributed by atoms with Crippen LogP contribution < -0.4 is 20.1 Å². The highest BCUT2D eigenvalue weighted by Gasteiger charge is 2.14. The number of imide groups is 1. The largest absolute Gasteiger partial charge is 0.490 e. The third-order valence-corrected chi connectivity index (χ3v) is 3.61. The van der Waals surface area contributed by atoms with Crippen molar-refractivity contribution in [3.05, 3.63) is 48.3 Å². The molecule has 2 N–H and O–H groups in total. The van der Waals surface area contributed by atoms with Crippen LogP contribution in [0.5, 0.6) is 11.5 Å².